The van der Waals surface area contributed by atoms with Gasteiger partial charge in [-0.15, -0.1) is 0 Å². The Labute approximate surface area is 179 Å². The molecule has 0 saturated carbocycles. The van der Waals surface area contributed by atoms with Crippen molar-refractivity contribution in [1.29, 1.82) is 0 Å². The summed E-state index contributed by atoms with van der Waals surface area (Å²) in [6, 6.07) is 10.7. The van der Waals surface area contributed by atoms with Gasteiger partial charge in [0.05, 0.1) is 19.6 Å². The number of nitrogens with zero attached hydrogens (tertiary/aromatic N) is 2. The van der Waals surface area contributed by atoms with Crippen LogP contribution in [0.5, 0.6) is 5.75 Å². The van der Waals surface area contributed by atoms with Crippen LogP contribution in [0.15, 0.2) is 48.8 Å². The number of likely N-dealkylation sites (tertiary alicyclic amines) is 1. The Balaban J connectivity index is 0.00000107. The van der Waals surface area contributed by atoms with Crippen molar-refractivity contribution >= 4 is 18.3 Å². The standard InChI is InChI=1S/C21H24N2O5.CH2O2/c1-28-17-6-2-4-15(10-17)12-21(20(26)27)14-23(9-7-18(21)24)19(25)11-16-5-3-8-22-13-16;2-1-3/h2-6,8,10,13,18,24H,7,9,11-12,14H2,1H3,(H,26,27);1H,(H,2,3)/t18-,21+;/m0./s1. The maximum absolute atomic E-state index is 12.7. The fraction of sp³-hybridized carbons (Fsp3) is 0.364. The number of aliphatic carboxylic acids is 1. The third-order valence-corrected chi connectivity index (χ3v) is 5.29. The lowest BCUT2D eigenvalue weighted by molar-refractivity contribution is -0.165. The summed E-state index contributed by atoms with van der Waals surface area (Å²) in [4.78, 5) is 38.9. The summed E-state index contributed by atoms with van der Waals surface area (Å²) >= 11 is 0. The Hall–Kier alpha value is -3.46. The van der Waals surface area contributed by atoms with Crippen molar-refractivity contribution in [1.82, 2.24) is 9.88 Å². The molecular weight excluding hydrogens is 404 g/mol. The van der Waals surface area contributed by atoms with Crippen molar-refractivity contribution in [3.63, 3.8) is 0 Å². The molecule has 3 rings (SSSR count). The molecule has 0 spiro atoms. The van der Waals surface area contributed by atoms with Gasteiger partial charge in [-0.05, 0) is 42.2 Å². The van der Waals surface area contributed by atoms with Gasteiger partial charge in [0.15, 0.2) is 0 Å². The lowest BCUT2D eigenvalue weighted by Gasteiger charge is -2.43. The van der Waals surface area contributed by atoms with Crippen molar-refractivity contribution in [2.24, 2.45) is 5.41 Å². The van der Waals surface area contributed by atoms with Gasteiger partial charge < -0.3 is 25.0 Å². The van der Waals surface area contributed by atoms with Crippen LogP contribution in [0.4, 0.5) is 0 Å². The van der Waals surface area contributed by atoms with Gasteiger partial charge in [-0.3, -0.25) is 19.4 Å². The number of methoxy groups -OCH3 is 1. The van der Waals surface area contributed by atoms with E-state index in [1.165, 1.54) is 4.90 Å². The van der Waals surface area contributed by atoms with Crippen LogP contribution >= 0.6 is 0 Å². The first-order chi connectivity index (χ1) is 14.9. The van der Waals surface area contributed by atoms with E-state index in [2.05, 4.69) is 4.98 Å². The third kappa shape index (κ3) is 6.02. The summed E-state index contributed by atoms with van der Waals surface area (Å²) in [7, 11) is 1.54. The zero-order valence-corrected chi connectivity index (χ0v) is 17.2. The first-order valence-corrected chi connectivity index (χ1v) is 9.65. The molecule has 9 heteroatoms. The molecule has 1 amide bonds. The zero-order valence-electron chi connectivity index (χ0n) is 17.2. The lowest BCUT2D eigenvalue weighted by atomic mass is 9.72. The van der Waals surface area contributed by atoms with Crippen molar-refractivity contribution in [2.75, 3.05) is 20.2 Å². The minimum Gasteiger partial charge on any atom is -0.497 e. The van der Waals surface area contributed by atoms with Crippen molar-refractivity contribution in [2.45, 2.75) is 25.4 Å². The molecule has 1 aliphatic rings. The number of piperidine rings is 1. The second-order valence-electron chi connectivity index (χ2n) is 7.25. The summed E-state index contributed by atoms with van der Waals surface area (Å²) in [6.45, 7) is 0.0349. The van der Waals surface area contributed by atoms with Crippen molar-refractivity contribution < 1.29 is 34.4 Å². The van der Waals surface area contributed by atoms with E-state index in [1.807, 2.05) is 6.07 Å². The number of carboxylic acids is 1. The van der Waals surface area contributed by atoms with Crippen LogP contribution in [-0.2, 0) is 27.2 Å². The number of pyridine rings is 1. The van der Waals surface area contributed by atoms with Gasteiger partial charge in [-0.1, -0.05) is 18.2 Å². The van der Waals surface area contributed by atoms with Crippen LogP contribution in [0.25, 0.3) is 0 Å². The van der Waals surface area contributed by atoms with Gasteiger partial charge in [0.1, 0.15) is 11.2 Å². The summed E-state index contributed by atoms with van der Waals surface area (Å²) in [5.41, 5.74) is 0.0459. The molecule has 9 nitrogen and oxygen atoms in total. The van der Waals surface area contributed by atoms with Gasteiger partial charge in [-0.2, -0.15) is 0 Å². The predicted octanol–water partition coefficient (Wildman–Crippen LogP) is 1.24. The Morgan fingerprint density at radius 3 is 2.61 bits per heavy atom. The van der Waals surface area contributed by atoms with Crippen LogP contribution in [0.3, 0.4) is 0 Å². The van der Waals surface area contributed by atoms with Gasteiger partial charge in [0.25, 0.3) is 6.47 Å². The molecule has 1 fully saturated rings. The number of benzene rings is 1. The van der Waals surface area contributed by atoms with E-state index < -0.39 is 17.5 Å². The first-order valence-electron chi connectivity index (χ1n) is 9.65. The van der Waals surface area contributed by atoms with E-state index in [-0.39, 0.29) is 38.2 Å². The van der Waals surface area contributed by atoms with Gasteiger partial charge in [-0.25, -0.2) is 0 Å². The highest BCUT2D eigenvalue weighted by Crippen LogP contribution is 2.35. The normalized spacial score (nSPS) is 20.2. The van der Waals surface area contributed by atoms with E-state index in [4.69, 9.17) is 14.6 Å². The molecular formula is C22H26N2O7. The number of aromatic nitrogens is 1. The van der Waals surface area contributed by atoms with E-state index in [1.54, 1.807) is 49.8 Å². The van der Waals surface area contributed by atoms with E-state index >= 15 is 0 Å². The number of aliphatic hydroxyl groups excluding tert-OH is 1. The molecule has 2 heterocycles. The van der Waals surface area contributed by atoms with Crippen LogP contribution in [0, 0.1) is 5.41 Å². The third-order valence-electron chi connectivity index (χ3n) is 5.29. The highest BCUT2D eigenvalue weighted by molar-refractivity contribution is 5.82. The molecule has 1 aromatic heterocycles. The summed E-state index contributed by atoms with van der Waals surface area (Å²) < 4.78 is 5.21. The zero-order chi connectivity index (χ0) is 22.9. The second-order valence-corrected chi connectivity index (χ2v) is 7.25. The number of carboxylic acid groups (broad SMARTS) is 2. The molecule has 0 bridgehead atoms. The Morgan fingerprint density at radius 1 is 1.29 bits per heavy atom. The minimum atomic E-state index is -1.46. The number of ether oxygens (including phenoxy) is 1. The summed E-state index contributed by atoms with van der Waals surface area (Å²) in [5, 5.41) is 27.5. The molecule has 3 N–H and O–H groups in total. The van der Waals surface area contributed by atoms with E-state index in [0.29, 0.717) is 12.3 Å². The van der Waals surface area contributed by atoms with Gasteiger partial charge in [0.2, 0.25) is 5.91 Å². The molecule has 1 saturated heterocycles. The fourth-order valence-electron chi connectivity index (χ4n) is 3.69. The van der Waals surface area contributed by atoms with E-state index in [0.717, 1.165) is 11.1 Å². The van der Waals surface area contributed by atoms with Crippen LogP contribution in [0.2, 0.25) is 0 Å². The Kier molecular flexibility index (Phi) is 8.51. The number of amides is 1. The largest absolute Gasteiger partial charge is 0.497 e. The fourth-order valence-corrected chi connectivity index (χ4v) is 3.69. The first kappa shape index (κ1) is 23.8. The van der Waals surface area contributed by atoms with Crippen LogP contribution in [0.1, 0.15) is 17.5 Å². The average Bonchev–Trinajstić information content (AvgIpc) is 2.76. The van der Waals surface area contributed by atoms with Crippen molar-refractivity contribution in [3.05, 3.63) is 59.9 Å². The average molecular weight is 430 g/mol. The molecule has 0 unspecified atom stereocenters. The molecule has 1 aliphatic heterocycles. The SMILES string of the molecule is COc1cccc(C[C@@]2(C(=O)O)CN(C(=O)Cc3cccnc3)CC[C@@H]2O)c1.O=CO. The Bertz CT molecular complexity index is 890. The van der Waals surface area contributed by atoms with E-state index in [9.17, 15) is 19.8 Å². The number of carbonyl (C=O) groups excluding carboxylic acids is 1. The van der Waals surface area contributed by atoms with Gasteiger partial charge >= 0.3 is 5.97 Å². The molecule has 166 valence electrons. The quantitative estimate of drug-likeness (QED) is 0.582. The molecule has 1 aromatic carbocycles. The molecule has 0 radical (unpaired) electrons. The topological polar surface area (TPSA) is 137 Å². The molecule has 31 heavy (non-hydrogen) atoms. The number of aliphatic hydroxyl groups is 1. The minimum absolute atomic E-state index is 0.0419. The van der Waals surface area contributed by atoms with Crippen molar-refractivity contribution in [3.8, 4) is 5.75 Å². The predicted molar refractivity (Wildman–Crippen MR) is 111 cm³/mol. The Morgan fingerprint density at radius 2 is 2.00 bits per heavy atom. The summed E-state index contributed by atoms with van der Waals surface area (Å²) in [5.74, 6) is -0.661. The number of carbonyl (C=O) groups is 3. The second kappa shape index (κ2) is 11.1. The molecule has 0 aliphatic carbocycles. The number of rotatable bonds is 6. The summed E-state index contributed by atoms with van der Waals surface area (Å²) in [6.07, 6.45) is 2.69. The molecule has 2 atom stereocenters. The van der Waals surface area contributed by atoms with Crippen LogP contribution in [-0.4, -0.2) is 69.9 Å². The molecule has 2 aromatic rings. The van der Waals surface area contributed by atoms with Gasteiger partial charge in [0, 0.05) is 25.5 Å². The number of hydrogen-bond donors (Lipinski definition) is 3. The highest BCUT2D eigenvalue weighted by Gasteiger charge is 2.50. The smallest absolute Gasteiger partial charge is 0.314 e. The lowest BCUT2D eigenvalue weighted by Crippen LogP contribution is -2.58. The number of hydrogen-bond acceptors (Lipinski definition) is 6. The maximum atomic E-state index is 12.7. The monoisotopic (exact) mass is 430 g/mol. The highest BCUT2D eigenvalue weighted by atomic mass is 16.5. The maximum Gasteiger partial charge on any atom is 0.314 e. The van der Waals surface area contributed by atoms with Crippen LogP contribution < -0.4 is 4.74 Å².